The highest BCUT2D eigenvalue weighted by Gasteiger charge is 2.50. The number of nitrogens with two attached hydrogens (primary N) is 3. The maximum Gasteiger partial charge on any atom is 0.143 e. The Morgan fingerprint density at radius 1 is 1.32 bits per heavy atom. The molecule has 0 bridgehead atoms. The van der Waals surface area contributed by atoms with Gasteiger partial charge in [-0.25, -0.2) is 9.97 Å². The highest BCUT2D eigenvalue weighted by molar-refractivity contribution is 6.36. The van der Waals surface area contributed by atoms with Crippen molar-refractivity contribution in [2.45, 2.75) is 64.8 Å². The zero-order valence-corrected chi connectivity index (χ0v) is 21.0. The first kappa shape index (κ1) is 25.7. The fourth-order valence-electron chi connectivity index (χ4n) is 4.54. The molecule has 0 radical (unpaired) electrons. The molecule has 0 saturated heterocycles. The number of aromatic amines is 1. The number of nitrogens with zero attached hydrogens (tertiary/aromatic N) is 3. The quantitative estimate of drug-likeness (QED) is 0.259. The molecule has 2 atom stereocenters. The molecule has 2 aromatic rings. The number of halogens is 1. The van der Waals surface area contributed by atoms with Crippen molar-refractivity contribution >= 4 is 28.8 Å². The number of hydrogen-bond donors (Lipinski definition) is 4. The molecule has 7 nitrogen and oxygen atoms in total. The molecule has 7 N–H and O–H groups in total. The molecule has 8 heteroatoms. The van der Waals surface area contributed by atoms with Crippen LogP contribution in [0.25, 0.3) is 11.0 Å². The van der Waals surface area contributed by atoms with Crippen LogP contribution in [0.1, 0.15) is 56.7 Å². The minimum atomic E-state index is 0.215. The number of hydrogen-bond acceptors (Lipinski definition) is 6. The lowest BCUT2D eigenvalue weighted by Crippen LogP contribution is -2.15. The average molecular weight is 482 g/mol. The molecule has 2 unspecified atom stereocenters. The number of H-pyrrole nitrogens is 1. The van der Waals surface area contributed by atoms with Crippen molar-refractivity contribution < 1.29 is 0 Å². The van der Waals surface area contributed by atoms with Crippen molar-refractivity contribution in [3.63, 3.8) is 0 Å². The third-order valence-corrected chi connectivity index (χ3v) is 6.96. The monoisotopic (exact) mass is 481 g/mol. The van der Waals surface area contributed by atoms with Gasteiger partial charge in [0, 0.05) is 24.4 Å². The van der Waals surface area contributed by atoms with E-state index in [1.807, 2.05) is 0 Å². The second-order valence-corrected chi connectivity index (χ2v) is 9.37. The molecule has 2 heterocycles. The predicted octanol–water partition coefficient (Wildman–Crippen LogP) is 4.62. The zero-order chi connectivity index (χ0) is 24.9. The summed E-state index contributed by atoms with van der Waals surface area (Å²) in [7, 11) is 0. The minimum absolute atomic E-state index is 0.215. The average Bonchev–Trinajstić information content (AvgIpc) is 3.32. The molecule has 1 aliphatic carbocycles. The summed E-state index contributed by atoms with van der Waals surface area (Å²) in [6.45, 7) is 11.7. The van der Waals surface area contributed by atoms with Crippen molar-refractivity contribution in [3.8, 4) is 0 Å². The number of aliphatic imine (C=N–C) groups is 1. The third-order valence-electron chi connectivity index (χ3n) is 6.54. The summed E-state index contributed by atoms with van der Waals surface area (Å²) in [6, 6.07) is 0.271. The summed E-state index contributed by atoms with van der Waals surface area (Å²) in [5.41, 5.74) is 22.6. The van der Waals surface area contributed by atoms with Crippen LogP contribution in [-0.2, 0) is 19.3 Å². The number of allylic oxidation sites excluding steroid dienone is 3. The highest BCUT2D eigenvalue weighted by Crippen LogP contribution is 2.52. The van der Waals surface area contributed by atoms with E-state index in [-0.39, 0.29) is 11.5 Å². The van der Waals surface area contributed by atoms with Crippen molar-refractivity contribution in [3.05, 3.63) is 70.7 Å². The van der Waals surface area contributed by atoms with Crippen LogP contribution in [0.2, 0.25) is 5.02 Å². The number of aromatic nitrogens is 3. The molecule has 2 aromatic heterocycles. The van der Waals surface area contributed by atoms with Crippen LogP contribution in [0.4, 0.5) is 0 Å². The number of fused-ring (bicyclic) bond motifs is 1. The number of nitrogens with one attached hydrogen (secondary N) is 1. The molecular formula is C26H36ClN7. The van der Waals surface area contributed by atoms with E-state index in [0.717, 1.165) is 66.5 Å². The number of aryl methyl sites for hydroxylation is 2. The van der Waals surface area contributed by atoms with Crippen LogP contribution in [0.3, 0.4) is 0 Å². The van der Waals surface area contributed by atoms with Crippen molar-refractivity contribution in [2.24, 2.45) is 27.6 Å². The Hall–Kier alpha value is -2.90. The summed E-state index contributed by atoms with van der Waals surface area (Å²) in [5, 5.41) is 1.61. The first-order valence-electron chi connectivity index (χ1n) is 11.8. The molecular weight excluding hydrogens is 446 g/mol. The van der Waals surface area contributed by atoms with Crippen molar-refractivity contribution in [1.82, 2.24) is 15.0 Å². The highest BCUT2D eigenvalue weighted by atomic mass is 35.5. The van der Waals surface area contributed by atoms with Gasteiger partial charge in [-0.2, -0.15) is 0 Å². The maximum atomic E-state index is 6.73. The Morgan fingerprint density at radius 2 is 2.06 bits per heavy atom. The second-order valence-electron chi connectivity index (χ2n) is 8.99. The molecule has 182 valence electrons. The Kier molecular flexibility index (Phi) is 8.33. The lowest BCUT2D eigenvalue weighted by Gasteiger charge is -2.15. The van der Waals surface area contributed by atoms with E-state index >= 15 is 0 Å². The smallest absolute Gasteiger partial charge is 0.143 e. The topological polar surface area (TPSA) is 132 Å². The van der Waals surface area contributed by atoms with Crippen LogP contribution < -0.4 is 17.2 Å². The van der Waals surface area contributed by atoms with E-state index in [4.69, 9.17) is 38.8 Å². The van der Waals surface area contributed by atoms with Gasteiger partial charge in [-0.1, -0.05) is 51.1 Å². The normalized spacial score (nSPS) is 20.9. The van der Waals surface area contributed by atoms with E-state index in [2.05, 4.69) is 37.0 Å². The van der Waals surface area contributed by atoms with Crippen molar-refractivity contribution in [1.29, 1.82) is 0 Å². The summed E-state index contributed by atoms with van der Waals surface area (Å²) in [6.07, 6.45) is 12.8. The van der Waals surface area contributed by atoms with Gasteiger partial charge in [-0.15, -0.1) is 0 Å². The van der Waals surface area contributed by atoms with Crippen LogP contribution in [0.15, 0.2) is 53.5 Å². The number of rotatable bonds is 12. The predicted molar refractivity (Wildman–Crippen MR) is 143 cm³/mol. The van der Waals surface area contributed by atoms with Gasteiger partial charge in [-0.05, 0) is 55.4 Å². The van der Waals surface area contributed by atoms with Gasteiger partial charge in [0.05, 0.1) is 27.5 Å². The fraction of sp³-hybridized carbons (Fsp3) is 0.423. The molecule has 0 aliphatic heterocycles. The van der Waals surface area contributed by atoms with Crippen LogP contribution >= 0.6 is 11.6 Å². The summed E-state index contributed by atoms with van der Waals surface area (Å²) < 4.78 is 0. The largest absolute Gasteiger partial charge is 0.404 e. The maximum absolute atomic E-state index is 6.73. The molecule has 3 rings (SSSR count). The fourth-order valence-corrected chi connectivity index (χ4v) is 4.92. The van der Waals surface area contributed by atoms with E-state index in [1.165, 1.54) is 6.20 Å². The second kappa shape index (κ2) is 11.0. The summed E-state index contributed by atoms with van der Waals surface area (Å²) >= 11 is 6.73. The van der Waals surface area contributed by atoms with Crippen LogP contribution in [0, 0.1) is 5.41 Å². The first-order valence-corrected chi connectivity index (χ1v) is 12.2. The van der Waals surface area contributed by atoms with Crippen molar-refractivity contribution in [2.75, 3.05) is 0 Å². The molecule has 0 aromatic carbocycles. The zero-order valence-electron chi connectivity index (χ0n) is 20.2. The van der Waals surface area contributed by atoms with E-state index in [9.17, 15) is 0 Å². The van der Waals surface area contributed by atoms with Gasteiger partial charge >= 0.3 is 0 Å². The van der Waals surface area contributed by atoms with E-state index in [0.29, 0.717) is 28.7 Å². The van der Waals surface area contributed by atoms with Gasteiger partial charge < -0.3 is 22.2 Å². The van der Waals surface area contributed by atoms with Gasteiger partial charge in [0.25, 0.3) is 0 Å². The molecule has 34 heavy (non-hydrogen) atoms. The Morgan fingerprint density at radius 3 is 2.62 bits per heavy atom. The lowest BCUT2D eigenvalue weighted by atomic mass is 9.92. The van der Waals surface area contributed by atoms with Crippen LogP contribution in [0.5, 0.6) is 0 Å². The van der Waals surface area contributed by atoms with Crippen LogP contribution in [-0.4, -0.2) is 27.2 Å². The Balaban J connectivity index is 1.97. The Bertz CT molecular complexity index is 1160. The molecule has 1 fully saturated rings. The van der Waals surface area contributed by atoms with Gasteiger partial charge in [0.1, 0.15) is 11.5 Å². The minimum Gasteiger partial charge on any atom is -0.404 e. The molecule has 1 saturated carbocycles. The lowest BCUT2D eigenvalue weighted by molar-refractivity contribution is 0.407. The van der Waals surface area contributed by atoms with Gasteiger partial charge in [0.15, 0.2) is 0 Å². The van der Waals surface area contributed by atoms with E-state index in [1.54, 1.807) is 18.4 Å². The standard InChI is InChI=1S/C26H36ClN7/c1-5-9-26(14-21(26)30)10-8-19-23-24(27)18(7-3)33-25(23)34-22(32-19)13-17(15-28)12-20(16(4)29)31-11-6-2/h6,11-12,15,21H,2,4-5,7-10,13-14,28-30H2,1,3H3,(H,32,33,34)/b17-15+,20-12+,31-11?. The van der Waals surface area contributed by atoms with E-state index < -0.39 is 0 Å². The van der Waals surface area contributed by atoms with Gasteiger partial charge in [-0.3, -0.25) is 4.99 Å². The molecule has 0 spiro atoms. The Labute approximate surface area is 207 Å². The summed E-state index contributed by atoms with van der Waals surface area (Å²) in [5.74, 6) is 0.648. The summed E-state index contributed by atoms with van der Waals surface area (Å²) in [4.78, 5) is 17.4. The molecule has 1 aliphatic rings. The third kappa shape index (κ3) is 5.59. The first-order chi connectivity index (χ1) is 16.3. The SMILES string of the molecule is C=CC=N/C(=C/C(=C\N)Cc1nc(CCC2(CCC)CC2N)c2c(Cl)c(CC)[nH]c2n1)C(=C)N. The van der Waals surface area contributed by atoms with Gasteiger partial charge in [0.2, 0.25) is 0 Å². The molecule has 0 amide bonds.